The Bertz CT molecular complexity index is 189. The van der Waals surface area contributed by atoms with Crippen molar-refractivity contribution in [2.24, 2.45) is 0 Å². The molecule has 0 bridgehead atoms. The van der Waals surface area contributed by atoms with Crippen LogP contribution >= 0.6 is 0 Å². The lowest BCUT2D eigenvalue weighted by Crippen LogP contribution is -2.30. The van der Waals surface area contributed by atoms with Crippen molar-refractivity contribution < 1.29 is 27.4 Å². The van der Waals surface area contributed by atoms with Gasteiger partial charge in [0.05, 0.1) is 0 Å². The Morgan fingerprint density at radius 2 is 2.15 bits per heavy atom. The van der Waals surface area contributed by atoms with E-state index in [1.54, 1.807) is 0 Å². The molecule has 0 fully saturated rings. The number of hydrogen-bond donors (Lipinski definition) is 1. The highest BCUT2D eigenvalue weighted by Crippen LogP contribution is 2.04. The highest BCUT2D eigenvalue weighted by atomic mass is 80.0. The monoisotopic (exact) mass is 251 g/mol. The van der Waals surface area contributed by atoms with Crippen LogP contribution in [-0.2, 0) is 0 Å². The van der Waals surface area contributed by atoms with Crippen molar-refractivity contribution in [1.82, 2.24) is 4.90 Å². The molecule has 1 heterocycles. The Morgan fingerprint density at radius 1 is 1.62 bits per heavy atom. The number of rotatable bonds is 1. The summed E-state index contributed by atoms with van der Waals surface area (Å²) >= 11 is -3.40. The number of hydrogen-bond acceptors (Lipinski definition) is 4. The van der Waals surface area contributed by atoms with Gasteiger partial charge in [-0.05, 0) is 30.3 Å². The first-order valence-corrected chi connectivity index (χ1v) is 5.89. The first-order valence-electron chi connectivity index (χ1n) is 3.88. The minimum atomic E-state index is -3.40. The number of allylic oxidation sites excluding steroid dienone is 2. The molecule has 5 heteroatoms. The van der Waals surface area contributed by atoms with Gasteiger partial charge in [0, 0.05) is 13.1 Å². The van der Waals surface area contributed by atoms with Crippen molar-refractivity contribution in [2.45, 2.75) is 13.8 Å². The van der Waals surface area contributed by atoms with E-state index >= 15 is 0 Å². The van der Waals surface area contributed by atoms with Crippen LogP contribution in [-0.4, -0.2) is 22.2 Å². The van der Waals surface area contributed by atoms with Crippen LogP contribution in [0.15, 0.2) is 23.9 Å². The lowest BCUT2D eigenvalue weighted by molar-refractivity contribution is -1.63. The molecule has 0 spiro atoms. The van der Waals surface area contributed by atoms with Crippen molar-refractivity contribution in [3.8, 4) is 0 Å². The Labute approximate surface area is 83.6 Å². The van der Waals surface area contributed by atoms with Crippen molar-refractivity contribution in [3.05, 3.63) is 23.9 Å². The average Bonchev–Trinajstić information content (AvgIpc) is 2.03. The number of nitrogens with zero attached hydrogens (tertiary/aromatic N) is 1. The standard InChI is InChI=1S/C8H13N.BrHO3/c1-3-9-6-4-5-8(2)7-9;2-1(3)4/h4-6H,3,7H2,1-2H3;2H. The quantitative estimate of drug-likeness (QED) is 0.639. The van der Waals surface area contributed by atoms with Gasteiger partial charge in [0.1, 0.15) is 0 Å². The van der Waals surface area contributed by atoms with Crippen LogP contribution in [0.1, 0.15) is 13.8 Å². The molecule has 0 aromatic rings. The smallest absolute Gasteiger partial charge is 0.374 e. The molecule has 1 aliphatic heterocycles. The number of halogens is 1. The molecule has 0 atom stereocenters. The third kappa shape index (κ3) is 7.98. The summed E-state index contributed by atoms with van der Waals surface area (Å²) in [5.41, 5.74) is 1.44. The molecule has 0 aliphatic carbocycles. The predicted molar refractivity (Wildman–Crippen MR) is 42.4 cm³/mol. The molecule has 0 amide bonds. The average molecular weight is 252 g/mol. The molecular formula is C8H14BrNO3. The molecule has 76 valence electrons. The molecule has 0 aromatic heterocycles. The molecule has 0 saturated carbocycles. The molecule has 4 nitrogen and oxygen atoms in total. The van der Waals surface area contributed by atoms with Crippen molar-refractivity contribution in [1.29, 1.82) is 0 Å². The summed E-state index contributed by atoms with van der Waals surface area (Å²) in [5, 5.41) is 0. The molecule has 1 aliphatic rings. The fourth-order valence-electron chi connectivity index (χ4n) is 0.972. The van der Waals surface area contributed by atoms with Crippen LogP contribution in [0.5, 0.6) is 0 Å². The van der Waals surface area contributed by atoms with Gasteiger partial charge in [-0.25, -0.2) is 0 Å². The van der Waals surface area contributed by atoms with Crippen LogP contribution < -0.4 is 8.40 Å². The van der Waals surface area contributed by atoms with E-state index in [0.717, 1.165) is 13.1 Å². The van der Waals surface area contributed by atoms with Crippen LogP contribution in [0.4, 0.5) is 0 Å². The minimum absolute atomic E-state index is 1.10. The summed E-state index contributed by atoms with van der Waals surface area (Å²) in [4.78, 5) is 2.29. The predicted octanol–water partition coefficient (Wildman–Crippen LogP) is -1.15. The second-order valence-corrected chi connectivity index (χ2v) is 3.46. The van der Waals surface area contributed by atoms with E-state index in [1.807, 2.05) is 0 Å². The largest absolute Gasteiger partial charge is 0.433 e. The zero-order valence-electron chi connectivity index (χ0n) is 7.74. The van der Waals surface area contributed by atoms with Gasteiger partial charge in [-0.2, -0.15) is 0 Å². The second kappa shape index (κ2) is 7.08. The zero-order valence-corrected chi connectivity index (χ0v) is 9.32. The normalized spacial score (nSPS) is 15.2. The summed E-state index contributed by atoms with van der Waals surface area (Å²) < 4.78 is 24.3. The van der Waals surface area contributed by atoms with Gasteiger partial charge in [-0.3, -0.25) is 0 Å². The molecule has 0 aromatic carbocycles. The van der Waals surface area contributed by atoms with Crippen LogP contribution in [0.3, 0.4) is 0 Å². The van der Waals surface area contributed by atoms with Crippen LogP contribution in [0.2, 0.25) is 0 Å². The number of likely N-dealkylation sites (N-methyl/N-ethyl adjacent to an activating group) is 1. The van der Waals surface area contributed by atoms with E-state index < -0.39 is 14.8 Å². The van der Waals surface area contributed by atoms with Crippen LogP contribution in [0, 0.1) is 14.8 Å². The van der Waals surface area contributed by atoms with Crippen molar-refractivity contribution in [3.63, 3.8) is 0 Å². The molecule has 13 heavy (non-hydrogen) atoms. The van der Waals surface area contributed by atoms with Gasteiger partial charge in [0.25, 0.3) is 0 Å². The van der Waals surface area contributed by atoms with Gasteiger partial charge >= 0.3 is 14.8 Å². The van der Waals surface area contributed by atoms with E-state index in [0.29, 0.717) is 0 Å². The maximum Gasteiger partial charge on any atom is 0.433 e. The molecule has 0 unspecified atom stereocenters. The highest BCUT2D eigenvalue weighted by Gasteiger charge is 1.98. The van der Waals surface area contributed by atoms with Crippen LogP contribution in [0.25, 0.3) is 0 Å². The fraction of sp³-hybridized carbons (Fsp3) is 0.500. The summed E-state index contributed by atoms with van der Waals surface area (Å²) in [7, 11) is 0. The molecule has 0 radical (unpaired) electrons. The van der Waals surface area contributed by atoms with E-state index in [4.69, 9.17) is 12.6 Å². The van der Waals surface area contributed by atoms with E-state index in [1.165, 1.54) is 5.57 Å². The lowest BCUT2D eigenvalue weighted by atomic mass is 10.2. The van der Waals surface area contributed by atoms with Crippen molar-refractivity contribution in [2.75, 3.05) is 13.1 Å². The third-order valence-corrected chi connectivity index (χ3v) is 1.54. The second-order valence-electron chi connectivity index (χ2n) is 2.62. The SMILES string of the molecule is CCN1C=CC=C(C)C1.[O-][Br+2]([O-])O. The highest BCUT2D eigenvalue weighted by molar-refractivity contribution is 5.16. The molecule has 1 rings (SSSR count). The van der Waals surface area contributed by atoms with Gasteiger partial charge in [0.2, 0.25) is 0 Å². The maximum atomic E-state index is 8.63. The first-order chi connectivity index (χ1) is 6.06. The van der Waals surface area contributed by atoms with Gasteiger partial charge in [-0.1, -0.05) is 11.6 Å². The van der Waals surface area contributed by atoms with Gasteiger partial charge in [-0.15, -0.1) is 0 Å². The molecule has 1 N–H and O–H groups in total. The summed E-state index contributed by atoms with van der Waals surface area (Å²) in [6.45, 7) is 6.55. The topological polar surface area (TPSA) is 69.6 Å². The fourth-order valence-corrected chi connectivity index (χ4v) is 0.972. The van der Waals surface area contributed by atoms with Crippen molar-refractivity contribution >= 4 is 0 Å². The Morgan fingerprint density at radius 3 is 2.46 bits per heavy atom. The van der Waals surface area contributed by atoms with Gasteiger partial charge in [0.15, 0.2) is 0 Å². The maximum absolute atomic E-state index is 8.63. The summed E-state index contributed by atoms with van der Waals surface area (Å²) in [6.07, 6.45) is 6.39. The first kappa shape index (κ1) is 12.6. The lowest BCUT2D eigenvalue weighted by Gasteiger charge is -2.20. The van der Waals surface area contributed by atoms with E-state index in [9.17, 15) is 0 Å². The zero-order chi connectivity index (χ0) is 10.3. The Kier molecular flexibility index (Phi) is 6.89. The summed E-state index contributed by atoms with van der Waals surface area (Å²) in [6, 6.07) is 0. The third-order valence-electron chi connectivity index (χ3n) is 1.54. The molecular weight excluding hydrogens is 238 g/mol. The van der Waals surface area contributed by atoms with E-state index in [-0.39, 0.29) is 0 Å². The Balaban J connectivity index is 0.000000310. The minimum Gasteiger partial charge on any atom is -0.374 e. The van der Waals surface area contributed by atoms with E-state index in [2.05, 4.69) is 37.1 Å². The summed E-state index contributed by atoms with van der Waals surface area (Å²) in [5.74, 6) is 0. The Hall–Kier alpha value is -0.360. The van der Waals surface area contributed by atoms with Gasteiger partial charge < -0.3 is 13.3 Å². The molecule has 0 saturated heterocycles.